The van der Waals surface area contributed by atoms with E-state index in [-0.39, 0.29) is 10.5 Å². The van der Waals surface area contributed by atoms with Crippen LogP contribution < -0.4 is 0 Å². The number of fused-ring (bicyclic) bond motifs is 2. The molecule has 4 aromatic rings. The van der Waals surface area contributed by atoms with E-state index in [0.717, 1.165) is 68.9 Å². The molecule has 2 aliphatic carbocycles. The lowest BCUT2D eigenvalue weighted by atomic mass is 10.0. The number of hydrogen-bond donors (Lipinski definition) is 0. The third-order valence-electron chi connectivity index (χ3n) is 7.65. The maximum atomic E-state index is 12.8. The summed E-state index contributed by atoms with van der Waals surface area (Å²) in [6, 6.07) is 11.0. The second-order valence-electron chi connectivity index (χ2n) is 10.4. The fourth-order valence-corrected chi connectivity index (χ4v) is 9.67. The molecule has 8 heteroatoms. The van der Waals surface area contributed by atoms with Crippen LogP contribution in [0.1, 0.15) is 75.7 Å². The fraction of sp³-hybridized carbons (Fsp3) is 0.467. The molecule has 0 amide bonds. The Morgan fingerprint density at radius 2 is 1.00 bits per heavy atom. The molecule has 0 spiro atoms. The first kappa shape index (κ1) is 27.9. The van der Waals surface area contributed by atoms with Crippen molar-refractivity contribution in [1.29, 1.82) is 0 Å². The SMILES string of the molecule is Cc1oc2ccc(Cl)cc2c1[S@@](=O)C1CCCCC1.Cc1oc2ccc(Cl)cc2c1[S@](=O)C1CCCCC1. The Bertz CT molecular complexity index is 1360. The molecule has 0 N–H and O–H groups in total. The van der Waals surface area contributed by atoms with E-state index in [1.54, 1.807) is 12.1 Å². The van der Waals surface area contributed by atoms with Crippen LogP contribution in [0.4, 0.5) is 0 Å². The highest BCUT2D eigenvalue weighted by atomic mass is 35.5. The van der Waals surface area contributed by atoms with Crippen molar-refractivity contribution in [2.24, 2.45) is 0 Å². The molecule has 2 aromatic heterocycles. The summed E-state index contributed by atoms with van der Waals surface area (Å²) in [5.41, 5.74) is 1.56. The summed E-state index contributed by atoms with van der Waals surface area (Å²) in [7, 11) is -1.97. The van der Waals surface area contributed by atoms with Gasteiger partial charge in [0.05, 0.1) is 31.4 Å². The smallest absolute Gasteiger partial charge is 0.135 e. The summed E-state index contributed by atoms with van der Waals surface area (Å²) in [5.74, 6) is 1.53. The van der Waals surface area contributed by atoms with Gasteiger partial charge in [0.15, 0.2) is 0 Å². The van der Waals surface area contributed by atoms with Crippen molar-refractivity contribution in [3.63, 3.8) is 0 Å². The lowest BCUT2D eigenvalue weighted by Gasteiger charge is -2.20. The minimum atomic E-state index is -0.986. The van der Waals surface area contributed by atoms with E-state index in [2.05, 4.69) is 0 Å². The van der Waals surface area contributed by atoms with Gasteiger partial charge in [0.25, 0.3) is 0 Å². The van der Waals surface area contributed by atoms with Crippen LogP contribution in [-0.2, 0) is 21.6 Å². The normalized spacial score (nSPS) is 18.8. The molecule has 2 saturated carbocycles. The first-order chi connectivity index (χ1) is 18.3. The van der Waals surface area contributed by atoms with Gasteiger partial charge in [-0.2, -0.15) is 0 Å². The van der Waals surface area contributed by atoms with E-state index in [9.17, 15) is 8.42 Å². The molecule has 2 aromatic carbocycles. The van der Waals surface area contributed by atoms with Gasteiger partial charge in [0.2, 0.25) is 0 Å². The van der Waals surface area contributed by atoms with Gasteiger partial charge in [0, 0.05) is 31.3 Å². The minimum Gasteiger partial charge on any atom is -0.460 e. The number of aryl methyl sites for hydroxylation is 2. The lowest BCUT2D eigenvalue weighted by molar-refractivity contribution is 0.503. The number of halogens is 2. The van der Waals surface area contributed by atoms with Crippen LogP contribution in [0.25, 0.3) is 21.9 Å². The Hall–Kier alpha value is -1.60. The molecule has 0 bridgehead atoms. The van der Waals surface area contributed by atoms with Crippen LogP contribution in [0, 0.1) is 13.8 Å². The average molecular weight is 594 g/mol. The topological polar surface area (TPSA) is 60.4 Å². The van der Waals surface area contributed by atoms with Crippen molar-refractivity contribution in [1.82, 2.24) is 0 Å². The van der Waals surface area contributed by atoms with Crippen molar-refractivity contribution < 1.29 is 17.3 Å². The molecule has 0 saturated heterocycles. The summed E-state index contributed by atoms with van der Waals surface area (Å²) in [4.78, 5) is 1.70. The fourth-order valence-electron chi connectivity index (χ4n) is 5.73. The predicted molar refractivity (Wildman–Crippen MR) is 158 cm³/mol. The van der Waals surface area contributed by atoms with Crippen molar-refractivity contribution in [2.45, 2.75) is 98.3 Å². The molecule has 0 radical (unpaired) electrons. The van der Waals surface area contributed by atoms with Gasteiger partial charge in [-0.05, 0) is 75.9 Å². The molecule has 0 aliphatic heterocycles. The van der Waals surface area contributed by atoms with Gasteiger partial charge in [-0.1, -0.05) is 61.7 Å². The van der Waals surface area contributed by atoms with Crippen LogP contribution >= 0.6 is 23.2 Å². The van der Waals surface area contributed by atoms with Crippen LogP contribution in [0.2, 0.25) is 10.0 Å². The Morgan fingerprint density at radius 3 is 1.37 bits per heavy atom. The summed E-state index contributed by atoms with van der Waals surface area (Å²) in [6.07, 6.45) is 11.5. The van der Waals surface area contributed by atoms with Gasteiger partial charge in [0.1, 0.15) is 22.7 Å². The quantitative estimate of drug-likeness (QED) is 0.236. The van der Waals surface area contributed by atoms with Crippen LogP contribution in [-0.4, -0.2) is 18.9 Å². The molecule has 38 heavy (non-hydrogen) atoms. The molecular weight excluding hydrogens is 559 g/mol. The van der Waals surface area contributed by atoms with Crippen molar-refractivity contribution in [2.75, 3.05) is 0 Å². The highest BCUT2D eigenvalue weighted by molar-refractivity contribution is 7.86. The predicted octanol–water partition coefficient (Wildman–Crippen LogP) is 9.67. The molecule has 204 valence electrons. The molecule has 6 rings (SSSR count). The first-order valence-electron chi connectivity index (χ1n) is 13.5. The second-order valence-corrected chi connectivity index (χ2v) is 14.6. The molecule has 2 aliphatic rings. The highest BCUT2D eigenvalue weighted by Gasteiger charge is 2.27. The van der Waals surface area contributed by atoms with Crippen LogP contribution in [0.5, 0.6) is 0 Å². The maximum absolute atomic E-state index is 12.8. The Morgan fingerprint density at radius 1 is 0.632 bits per heavy atom. The van der Waals surface area contributed by atoms with Crippen LogP contribution in [0.3, 0.4) is 0 Å². The van der Waals surface area contributed by atoms with E-state index < -0.39 is 21.6 Å². The maximum Gasteiger partial charge on any atom is 0.135 e. The third kappa shape index (κ3) is 5.94. The summed E-state index contributed by atoms with van der Waals surface area (Å²) >= 11 is 12.1. The number of benzene rings is 2. The standard InChI is InChI=1S/2C15H17ClO2S/c2*1-10-15(19(17)12-5-3-2-4-6-12)13-9-11(16)7-8-14(13)18-10/h2*7-9,12H,2-6H2,1H3/t2*19-/m10/s1. The van der Waals surface area contributed by atoms with Crippen molar-refractivity contribution >= 4 is 66.7 Å². The third-order valence-corrected chi connectivity index (χ3v) is 12.1. The van der Waals surface area contributed by atoms with Crippen molar-refractivity contribution in [3.05, 3.63) is 58.0 Å². The molecule has 0 unspecified atom stereocenters. The largest absolute Gasteiger partial charge is 0.460 e. The van der Waals surface area contributed by atoms with Gasteiger partial charge < -0.3 is 8.83 Å². The monoisotopic (exact) mass is 592 g/mol. The van der Waals surface area contributed by atoms with E-state index >= 15 is 0 Å². The Balaban J connectivity index is 0.000000155. The first-order valence-corrected chi connectivity index (χ1v) is 16.7. The van der Waals surface area contributed by atoms with Gasteiger partial charge in [-0.15, -0.1) is 0 Å². The zero-order chi connectivity index (χ0) is 26.8. The number of furan rings is 2. The van der Waals surface area contributed by atoms with Gasteiger partial charge in [-0.3, -0.25) is 8.42 Å². The Kier molecular flexibility index (Phi) is 9.03. The zero-order valence-corrected chi connectivity index (χ0v) is 25.0. The molecular formula is C30H34Cl2O4S2. The minimum absolute atomic E-state index is 0.271. The van der Waals surface area contributed by atoms with E-state index in [1.807, 2.05) is 38.1 Å². The molecule has 2 atom stereocenters. The van der Waals surface area contributed by atoms with Gasteiger partial charge >= 0.3 is 0 Å². The second kappa shape index (κ2) is 12.3. The Labute approximate surface area is 239 Å². The van der Waals surface area contributed by atoms with Crippen LogP contribution in [0.15, 0.2) is 55.0 Å². The number of rotatable bonds is 4. The summed E-state index contributed by atoms with van der Waals surface area (Å²) in [5, 5.41) is 3.69. The van der Waals surface area contributed by atoms with E-state index in [4.69, 9.17) is 32.0 Å². The van der Waals surface area contributed by atoms with E-state index in [1.165, 1.54) is 38.5 Å². The summed E-state index contributed by atoms with van der Waals surface area (Å²) in [6.45, 7) is 3.79. The number of hydrogen-bond acceptors (Lipinski definition) is 4. The lowest BCUT2D eigenvalue weighted by Crippen LogP contribution is -2.18. The molecule has 2 heterocycles. The van der Waals surface area contributed by atoms with Gasteiger partial charge in [-0.25, -0.2) is 0 Å². The average Bonchev–Trinajstić information content (AvgIpc) is 3.43. The van der Waals surface area contributed by atoms with Crippen molar-refractivity contribution in [3.8, 4) is 0 Å². The zero-order valence-electron chi connectivity index (χ0n) is 21.9. The molecule has 2 fully saturated rings. The van der Waals surface area contributed by atoms with E-state index in [0.29, 0.717) is 10.0 Å². The highest BCUT2D eigenvalue weighted by Crippen LogP contribution is 2.36. The molecule has 4 nitrogen and oxygen atoms in total. The summed E-state index contributed by atoms with van der Waals surface area (Å²) < 4.78 is 37.1.